The molecule has 0 heterocycles. The zero-order valence-corrected chi connectivity index (χ0v) is 10.6. The lowest BCUT2D eigenvalue weighted by Crippen LogP contribution is -2.04. The van der Waals surface area contributed by atoms with Gasteiger partial charge >= 0.3 is 0 Å². The van der Waals surface area contributed by atoms with E-state index in [1.54, 1.807) is 0 Å². The zero-order valence-electron chi connectivity index (χ0n) is 8.44. The van der Waals surface area contributed by atoms with Gasteiger partial charge < -0.3 is 0 Å². The van der Waals surface area contributed by atoms with Gasteiger partial charge in [0.25, 0.3) is 0 Å². The largest absolute Gasteiger partial charge is 0.139 e. The Bertz CT molecular complexity index is 271. The van der Waals surface area contributed by atoms with Gasteiger partial charge in [-0.3, -0.25) is 0 Å². The second-order valence-corrected chi connectivity index (χ2v) is 4.71. The van der Waals surface area contributed by atoms with Crippen LogP contribution in [0, 0.1) is 3.57 Å². The molecule has 70 valence electrons. The van der Waals surface area contributed by atoms with E-state index in [2.05, 4.69) is 55.6 Å². The highest BCUT2D eigenvalue weighted by atomic mass is 127. The van der Waals surface area contributed by atoms with E-state index in [9.17, 15) is 0 Å². The van der Waals surface area contributed by atoms with Gasteiger partial charge in [-0.15, -0.1) is 0 Å². The molecule has 0 bridgehead atoms. The average Bonchev–Trinajstić information content (AvgIpc) is 2.11. The van der Waals surface area contributed by atoms with Crippen molar-refractivity contribution in [2.45, 2.75) is 32.6 Å². The zero-order chi connectivity index (χ0) is 9.68. The number of aryl methyl sites for hydroxylation is 1. The maximum Gasteiger partial charge on any atom is 0.139 e. The van der Waals surface area contributed by atoms with Crippen molar-refractivity contribution in [2.75, 3.05) is 0 Å². The summed E-state index contributed by atoms with van der Waals surface area (Å²) in [6.07, 6.45) is 5.23. The minimum absolute atomic E-state index is 1.24. The van der Waals surface area contributed by atoms with Crippen LogP contribution in [-0.2, 0) is 6.42 Å². The summed E-state index contributed by atoms with van der Waals surface area (Å²) in [5, 5.41) is 0. The quantitative estimate of drug-likeness (QED) is 0.452. The fourth-order valence-electron chi connectivity index (χ4n) is 1.46. The van der Waals surface area contributed by atoms with Gasteiger partial charge in [-0.2, -0.15) is 0 Å². The molecule has 1 aromatic carbocycles. The lowest BCUT2D eigenvalue weighted by atomic mass is 9.93. The topological polar surface area (TPSA) is 0 Å². The average molecular weight is 286 g/mol. The minimum atomic E-state index is 1.24. The smallest absolute Gasteiger partial charge is 0.0886 e. The molecule has 13 heavy (non-hydrogen) atoms. The van der Waals surface area contributed by atoms with Crippen LogP contribution in [-0.4, -0.2) is 7.85 Å². The van der Waals surface area contributed by atoms with Crippen molar-refractivity contribution in [3.05, 3.63) is 27.3 Å². The fraction of sp³-hybridized carbons (Fsp3) is 0.455. The third-order valence-corrected chi connectivity index (χ3v) is 3.30. The van der Waals surface area contributed by atoms with E-state index < -0.39 is 0 Å². The molecule has 0 unspecified atom stereocenters. The van der Waals surface area contributed by atoms with Gasteiger partial charge in [0.2, 0.25) is 0 Å². The molecular formula is C11H16BI. The molecule has 0 aliphatic rings. The van der Waals surface area contributed by atoms with Gasteiger partial charge in [0.1, 0.15) is 7.85 Å². The Morgan fingerprint density at radius 1 is 1.31 bits per heavy atom. The Kier molecular flexibility index (Phi) is 4.85. The Hall–Kier alpha value is 0.0149. The maximum atomic E-state index is 2.43. The summed E-state index contributed by atoms with van der Waals surface area (Å²) >= 11 is 2.43. The lowest BCUT2D eigenvalue weighted by Gasteiger charge is -2.05. The number of hydrogen-bond donors (Lipinski definition) is 0. The van der Waals surface area contributed by atoms with E-state index in [0.717, 1.165) is 0 Å². The van der Waals surface area contributed by atoms with Crippen molar-refractivity contribution in [3.63, 3.8) is 0 Å². The van der Waals surface area contributed by atoms with Crippen LogP contribution in [0.3, 0.4) is 0 Å². The maximum absolute atomic E-state index is 2.43. The van der Waals surface area contributed by atoms with E-state index in [4.69, 9.17) is 0 Å². The van der Waals surface area contributed by atoms with Gasteiger partial charge in [0, 0.05) is 3.57 Å². The van der Waals surface area contributed by atoms with E-state index in [-0.39, 0.29) is 0 Å². The summed E-state index contributed by atoms with van der Waals surface area (Å²) in [6, 6.07) is 6.72. The Balaban J connectivity index is 2.59. The van der Waals surface area contributed by atoms with E-state index in [1.165, 1.54) is 40.3 Å². The number of halogens is 1. The van der Waals surface area contributed by atoms with Crippen molar-refractivity contribution in [3.8, 4) is 0 Å². The molecule has 0 N–H and O–H groups in total. The molecule has 1 aromatic rings. The Morgan fingerprint density at radius 2 is 2.08 bits per heavy atom. The van der Waals surface area contributed by atoms with Gasteiger partial charge in [-0.05, 0) is 47.1 Å². The molecule has 0 aromatic heterocycles. The van der Waals surface area contributed by atoms with E-state index >= 15 is 0 Å². The Labute approximate surface area is 95.7 Å². The monoisotopic (exact) mass is 286 g/mol. The second kappa shape index (κ2) is 5.68. The molecule has 0 aliphatic heterocycles. The van der Waals surface area contributed by atoms with Crippen LogP contribution in [0.5, 0.6) is 0 Å². The third-order valence-electron chi connectivity index (χ3n) is 2.25. The van der Waals surface area contributed by atoms with Crippen LogP contribution in [0.25, 0.3) is 0 Å². The summed E-state index contributed by atoms with van der Waals surface area (Å²) in [6.45, 7) is 2.25. The molecule has 0 amide bonds. The standard InChI is InChI=1S/C11H16BI/c1-2-3-4-5-9-8-10(12)6-7-11(9)13/h6-8H,2-5,12H2,1H3. The van der Waals surface area contributed by atoms with Gasteiger partial charge in [0.05, 0.1) is 0 Å². The molecule has 0 saturated carbocycles. The van der Waals surface area contributed by atoms with Crippen molar-refractivity contribution < 1.29 is 0 Å². The first kappa shape index (κ1) is 11.1. The molecule has 1 rings (SSSR count). The van der Waals surface area contributed by atoms with Crippen LogP contribution in [0.2, 0.25) is 0 Å². The number of hydrogen-bond acceptors (Lipinski definition) is 0. The first-order valence-corrected chi connectivity index (χ1v) is 6.07. The third kappa shape index (κ3) is 3.71. The molecular weight excluding hydrogens is 270 g/mol. The van der Waals surface area contributed by atoms with Crippen LogP contribution < -0.4 is 5.46 Å². The molecule has 0 aliphatic carbocycles. The van der Waals surface area contributed by atoms with Crippen LogP contribution in [0.4, 0.5) is 0 Å². The summed E-state index contributed by atoms with van der Waals surface area (Å²) in [5.74, 6) is 0. The molecule has 0 atom stereocenters. The number of unbranched alkanes of at least 4 members (excludes halogenated alkanes) is 2. The van der Waals surface area contributed by atoms with Crippen molar-refractivity contribution in [1.29, 1.82) is 0 Å². The molecule has 0 saturated heterocycles. The highest BCUT2D eigenvalue weighted by Crippen LogP contribution is 2.13. The second-order valence-electron chi connectivity index (χ2n) is 3.55. The first-order chi connectivity index (χ1) is 6.24. The summed E-state index contributed by atoms with van der Waals surface area (Å²) in [7, 11) is 2.17. The van der Waals surface area contributed by atoms with Crippen LogP contribution >= 0.6 is 22.6 Å². The van der Waals surface area contributed by atoms with Crippen molar-refractivity contribution >= 4 is 35.9 Å². The molecule has 0 radical (unpaired) electrons. The van der Waals surface area contributed by atoms with Gasteiger partial charge in [-0.25, -0.2) is 0 Å². The molecule has 0 spiro atoms. The minimum Gasteiger partial charge on any atom is -0.0886 e. The van der Waals surface area contributed by atoms with Crippen LogP contribution in [0.1, 0.15) is 31.7 Å². The SMILES string of the molecule is Bc1ccc(I)c(CCCCC)c1. The van der Waals surface area contributed by atoms with Gasteiger partial charge in [-0.1, -0.05) is 37.4 Å². The first-order valence-electron chi connectivity index (χ1n) is 4.99. The summed E-state index contributed by atoms with van der Waals surface area (Å²) in [5.41, 5.74) is 2.90. The predicted octanol–water partition coefficient (Wildman–Crippen LogP) is 2.28. The highest BCUT2D eigenvalue weighted by Gasteiger charge is 1.98. The Morgan fingerprint density at radius 3 is 2.77 bits per heavy atom. The van der Waals surface area contributed by atoms with E-state index in [1.807, 2.05) is 0 Å². The fourth-order valence-corrected chi connectivity index (χ4v) is 2.07. The molecule has 0 fully saturated rings. The molecule has 0 nitrogen and oxygen atoms in total. The summed E-state index contributed by atoms with van der Waals surface area (Å²) in [4.78, 5) is 0. The summed E-state index contributed by atoms with van der Waals surface area (Å²) < 4.78 is 1.42. The van der Waals surface area contributed by atoms with Crippen molar-refractivity contribution in [2.24, 2.45) is 0 Å². The number of benzene rings is 1. The van der Waals surface area contributed by atoms with Crippen molar-refractivity contribution in [1.82, 2.24) is 0 Å². The van der Waals surface area contributed by atoms with Gasteiger partial charge in [0.15, 0.2) is 0 Å². The van der Waals surface area contributed by atoms with E-state index in [0.29, 0.717) is 0 Å². The van der Waals surface area contributed by atoms with Crippen LogP contribution in [0.15, 0.2) is 18.2 Å². The normalized spacial score (nSPS) is 10.3. The lowest BCUT2D eigenvalue weighted by molar-refractivity contribution is 0.716. The highest BCUT2D eigenvalue weighted by molar-refractivity contribution is 14.1. The number of rotatable bonds is 4. The predicted molar refractivity (Wildman–Crippen MR) is 70.6 cm³/mol. The molecule has 2 heteroatoms.